The van der Waals surface area contributed by atoms with Crippen LogP contribution in [0.1, 0.15) is 19.3 Å². The van der Waals surface area contributed by atoms with Gasteiger partial charge in [0.15, 0.2) is 0 Å². The molecule has 0 aliphatic carbocycles. The Labute approximate surface area is 109 Å². The Morgan fingerprint density at radius 1 is 1.44 bits per heavy atom. The van der Waals surface area contributed by atoms with E-state index >= 15 is 0 Å². The average molecular weight is 267 g/mol. The van der Waals surface area contributed by atoms with E-state index in [2.05, 4.69) is 5.32 Å². The van der Waals surface area contributed by atoms with Crippen molar-refractivity contribution in [3.8, 4) is 0 Å². The molecule has 1 rings (SSSR count). The molecule has 0 spiro atoms. The first-order chi connectivity index (χ1) is 7.27. The van der Waals surface area contributed by atoms with Crippen LogP contribution in [-0.4, -0.2) is 49.5 Å². The minimum absolute atomic E-state index is 0. The Hall–Kier alpha value is 0.0700. The Kier molecular flexibility index (Phi) is 9.18. The van der Waals surface area contributed by atoms with Crippen molar-refractivity contribution in [1.82, 2.24) is 10.2 Å². The third-order valence-corrected chi connectivity index (χ3v) is 3.59. The van der Waals surface area contributed by atoms with E-state index in [0.29, 0.717) is 12.3 Å². The quantitative estimate of drug-likeness (QED) is 0.821. The summed E-state index contributed by atoms with van der Waals surface area (Å²) in [5.74, 6) is 2.06. The van der Waals surface area contributed by atoms with Gasteiger partial charge in [0.25, 0.3) is 0 Å². The van der Waals surface area contributed by atoms with Gasteiger partial charge in [-0.05, 0) is 38.6 Å². The second kappa shape index (κ2) is 9.14. The number of rotatable bonds is 5. The molecule has 0 aromatic heterocycles. The van der Waals surface area contributed by atoms with Gasteiger partial charge in [0.2, 0.25) is 5.91 Å². The molecule has 0 aromatic carbocycles. The number of thioether (sulfide) groups is 1. The normalized spacial score (nSPS) is 17.0. The monoisotopic (exact) mass is 266 g/mol. The maximum absolute atomic E-state index is 11.7. The summed E-state index contributed by atoms with van der Waals surface area (Å²) < 4.78 is 0. The van der Waals surface area contributed by atoms with Gasteiger partial charge in [-0.15, -0.1) is 12.4 Å². The highest BCUT2D eigenvalue weighted by atomic mass is 35.5. The molecule has 5 heteroatoms. The molecule has 0 radical (unpaired) electrons. The van der Waals surface area contributed by atoms with Gasteiger partial charge >= 0.3 is 0 Å². The van der Waals surface area contributed by atoms with Crippen LogP contribution in [0.5, 0.6) is 0 Å². The zero-order chi connectivity index (χ0) is 11.1. The van der Waals surface area contributed by atoms with E-state index in [1.165, 1.54) is 0 Å². The minimum atomic E-state index is 0. The fourth-order valence-electron chi connectivity index (χ4n) is 2.02. The first kappa shape index (κ1) is 16.1. The molecular weight excluding hydrogens is 244 g/mol. The van der Waals surface area contributed by atoms with Crippen molar-refractivity contribution in [2.45, 2.75) is 19.3 Å². The highest BCUT2D eigenvalue weighted by Gasteiger charge is 2.21. The van der Waals surface area contributed by atoms with Gasteiger partial charge in [-0.3, -0.25) is 4.79 Å². The lowest BCUT2D eigenvalue weighted by Gasteiger charge is -2.32. The molecule has 0 bridgehead atoms. The Balaban J connectivity index is 0.00000225. The molecule has 0 unspecified atom stereocenters. The third kappa shape index (κ3) is 5.41. The lowest BCUT2D eigenvalue weighted by atomic mass is 9.97. The van der Waals surface area contributed by atoms with Crippen LogP contribution in [0.25, 0.3) is 0 Å². The molecule has 1 aliphatic heterocycles. The summed E-state index contributed by atoms with van der Waals surface area (Å²) in [5, 5.41) is 3.21. The maximum Gasteiger partial charge on any atom is 0.223 e. The molecule has 1 heterocycles. The first-order valence-electron chi connectivity index (χ1n) is 5.69. The van der Waals surface area contributed by atoms with Gasteiger partial charge < -0.3 is 10.2 Å². The Morgan fingerprint density at radius 2 is 2.06 bits per heavy atom. The van der Waals surface area contributed by atoms with Gasteiger partial charge in [0.1, 0.15) is 0 Å². The number of carbonyl (C=O) groups excluding carboxylic acids is 1. The number of piperidine rings is 1. The van der Waals surface area contributed by atoms with Crippen molar-refractivity contribution in [1.29, 1.82) is 0 Å². The number of hydrogen-bond donors (Lipinski definition) is 1. The number of carbonyl (C=O) groups is 1. The zero-order valence-electron chi connectivity index (χ0n) is 10.2. The van der Waals surface area contributed by atoms with Gasteiger partial charge in [0, 0.05) is 25.3 Å². The van der Waals surface area contributed by atoms with E-state index in [1.54, 1.807) is 11.8 Å². The number of amides is 1. The summed E-state index contributed by atoms with van der Waals surface area (Å²) in [6.45, 7) is 3.01. The van der Waals surface area contributed by atoms with Crippen molar-refractivity contribution in [2.24, 2.45) is 5.92 Å². The van der Waals surface area contributed by atoms with Crippen molar-refractivity contribution in [3.63, 3.8) is 0 Å². The molecule has 1 fully saturated rings. The van der Waals surface area contributed by atoms with Crippen molar-refractivity contribution >= 4 is 30.1 Å². The van der Waals surface area contributed by atoms with E-state index in [-0.39, 0.29) is 12.4 Å². The molecule has 1 N–H and O–H groups in total. The summed E-state index contributed by atoms with van der Waals surface area (Å²) in [6, 6.07) is 0. The van der Waals surface area contributed by atoms with Gasteiger partial charge in [-0.25, -0.2) is 0 Å². The average Bonchev–Trinajstić information content (AvgIpc) is 2.27. The van der Waals surface area contributed by atoms with Crippen molar-refractivity contribution in [2.75, 3.05) is 38.7 Å². The summed E-state index contributed by atoms with van der Waals surface area (Å²) in [5.41, 5.74) is 0. The lowest BCUT2D eigenvalue weighted by molar-refractivity contribution is -0.132. The van der Waals surface area contributed by atoms with Crippen LogP contribution < -0.4 is 5.32 Å². The largest absolute Gasteiger partial charge is 0.343 e. The fraction of sp³-hybridized carbons (Fsp3) is 0.909. The Morgan fingerprint density at radius 3 is 2.56 bits per heavy atom. The first-order valence-corrected chi connectivity index (χ1v) is 7.08. The molecule has 0 aromatic rings. The van der Waals surface area contributed by atoms with Crippen LogP contribution in [-0.2, 0) is 4.79 Å². The predicted octanol–water partition coefficient (Wildman–Crippen LogP) is 1.62. The highest BCUT2D eigenvalue weighted by Crippen LogP contribution is 2.17. The van der Waals surface area contributed by atoms with Gasteiger partial charge in [-0.1, -0.05) is 0 Å². The SMILES string of the molecule is CNCC1CCN(C(=O)CCSC)CC1.Cl. The van der Waals surface area contributed by atoms with Crippen LogP contribution >= 0.6 is 24.2 Å². The molecule has 1 aliphatic rings. The van der Waals surface area contributed by atoms with Crippen LogP contribution in [0.15, 0.2) is 0 Å². The predicted molar refractivity (Wildman–Crippen MR) is 73.5 cm³/mol. The van der Waals surface area contributed by atoms with Gasteiger partial charge in [-0.2, -0.15) is 11.8 Å². The summed E-state index contributed by atoms with van der Waals surface area (Å²) in [6.07, 6.45) is 5.07. The van der Waals surface area contributed by atoms with Crippen LogP contribution in [0.2, 0.25) is 0 Å². The van der Waals surface area contributed by atoms with E-state index in [4.69, 9.17) is 0 Å². The molecule has 3 nitrogen and oxygen atoms in total. The molecule has 96 valence electrons. The lowest BCUT2D eigenvalue weighted by Crippen LogP contribution is -2.40. The van der Waals surface area contributed by atoms with E-state index in [0.717, 1.165) is 44.1 Å². The summed E-state index contributed by atoms with van der Waals surface area (Å²) in [7, 11) is 2.00. The van der Waals surface area contributed by atoms with Crippen LogP contribution in [0, 0.1) is 5.92 Å². The van der Waals surface area contributed by atoms with Crippen molar-refractivity contribution in [3.05, 3.63) is 0 Å². The van der Waals surface area contributed by atoms with E-state index in [1.807, 2.05) is 18.2 Å². The van der Waals surface area contributed by atoms with Gasteiger partial charge in [0.05, 0.1) is 0 Å². The zero-order valence-corrected chi connectivity index (χ0v) is 11.8. The molecule has 0 atom stereocenters. The number of hydrogen-bond acceptors (Lipinski definition) is 3. The molecular formula is C11H23ClN2OS. The molecule has 16 heavy (non-hydrogen) atoms. The molecule has 1 amide bonds. The second-order valence-corrected chi connectivity index (χ2v) is 5.11. The maximum atomic E-state index is 11.7. The Bertz CT molecular complexity index is 196. The van der Waals surface area contributed by atoms with E-state index < -0.39 is 0 Å². The second-order valence-electron chi connectivity index (χ2n) is 4.12. The number of halogens is 1. The number of likely N-dealkylation sites (tertiary alicyclic amines) is 1. The van der Waals surface area contributed by atoms with E-state index in [9.17, 15) is 4.79 Å². The summed E-state index contributed by atoms with van der Waals surface area (Å²) >= 11 is 1.75. The molecule has 1 saturated heterocycles. The minimum Gasteiger partial charge on any atom is -0.343 e. The fourth-order valence-corrected chi connectivity index (χ4v) is 2.40. The number of nitrogens with zero attached hydrogens (tertiary/aromatic N) is 1. The molecule has 0 saturated carbocycles. The highest BCUT2D eigenvalue weighted by molar-refractivity contribution is 7.98. The number of nitrogens with one attached hydrogen (secondary N) is 1. The summed E-state index contributed by atoms with van der Waals surface area (Å²) in [4.78, 5) is 13.7. The standard InChI is InChI=1S/C11H22N2OS.ClH/c1-12-9-10-3-6-13(7-4-10)11(14)5-8-15-2;/h10,12H,3-9H2,1-2H3;1H. The van der Waals surface area contributed by atoms with Crippen LogP contribution in [0.3, 0.4) is 0 Å². The van der Waals surface area contributed by atoms with Crippen molar-refractivity contribution < 1.29 is 4.79 Å². The third-order valence-electron chi connectivity index (χ3n) is 2.98. The topological polar surface area (TPSA) is 32.3 Å². The van der Waals surface area contributed by atoms with Crippen LogP contribution in [0.4, 0.5) is 0 Å². The smallest absolute Gasteiger partial charge is 0.223 e.